The molecule has 0 rings (SSSR count). The maximum Gasteiger partial charge on any atom is 0.155 e. The number of halogens is 3. The number of rotatable bonds is 2. The fourth-order valence-corrected chi connectivity index (χ4v) is 1.33. The first kappa shape index (κ1) is 6.89. The quantitative estimate of drug-likeness (QED) is 0.627. The van der Waals surface area contributed by atoms with E-state index in [1.165, 1.54) is 0 Å². The van der Waals surface area contributed by atoms with Crippen molar-refractivity contribution in [1.82, 2.24) is 0 Å². The highest BCUT2D eigenvalue weighted by Gasteiger charge is 1.93. The van der Waals surface area contributed by atoms with Crippen molar-refractivity contribution in [3.63, 3.8) is 0 Å². The van der Waals surface area contributed by atoms with Crippen LogP contribution in [0.25, 0.3) is 0 Å². The van der Waals surface area contributed by atoms with Crippen molar-refractivity contribution in [3.05, 3.63) is 0 Å². The average Bonchev–Trinajstić information content (AvgIpc) is 1.35. The lowest BCUT2D eigenvalue weighted by Crippen LogP contribution is -1.85. The third-order valence-corrected chi connectivity index (χ3v) is 1.24. The predicted octanol–water partition coefficient (Wildman–Crippen LogP) is 2.46. The Morgan fingerprint density at radius 2 is 2.17 bits per heavy atom. The zero-order valence-electron chi connectivity index (χ0n) is 3.13. The van der Waals surface area contributed by atoms with Crippen LogP contribution in [0.5, 0.6) is 0 Å². The smallest absolute Gasteiger partial charge is 0.155 e. The molecule has 0 aromatic carbocycles. The molecular weight excluding hydrogens is 215 g/mol. The third kappa shape index (κ3) is 4.89. The van der Waals surface area contributed by atoms with Gasteiger partial charge < -0.3 is 0 Å². The van der Waals surface area contributed by atoms with Crippen LogP contribution in [0.15, 0.2) is 0 Å². The fourth-order valence-electron chi connectivity index (χ4n) is 0.0825. The summed E-state index contributed by atoms with van der Waals surface area (Å²) in [7, 11) is 0. The predicted molar refractivity (Wildman–Crippen MR) is 32.2 cm³/mol. The minimum absolute atomic E-state index is 0.542. The van der Waals surface area contributed by atoms with Crippen molar-refractivity contribution in [2.24, 2.45) is 0 Å². The zero-order valence-corrected chi connectivity index (χ0v) is 6.30. The van der Waals surface area contributed by atoms with Gasteiger partial charge in [0.15, 0.2) is 5.08 Å². The first-order chi connectivity index (χ1) is 2.77. The molecule has 0 aliphatic heterocycles. The Kier molecular flexibility index (Phi) is 4.66. The van der Waals surface area contributed by atoms with Gasteiger partial charge >= 0.3 is 0 Å². The molecule has 1 atom stereocenters. The van der Waals surface area contributed by atoms with Crippen LogP contribution in [-0.2, 0) is 0 Å². The van der Waals surface area contributed by atoms with E-state index in [1.54, 1.807) is 0 Å². The summed E-state index contributed by atoms with van der Waals surface area (Å²) in [6.07, 6.45) is 0.542. The van der Waals surface area contributed by atoms with Crippen LogP contribution < -0.4 is 0 Å². The van der Waals surface area contributed by atoms with Gasteiger partial charge in [0.1, 0.15) is 0 Å². The zero-order chi connectivity index (χ0) is 4.99. The van der Waals surface area contributed by atoms with Gasteiger partial charge in [-0.2, -0.15) is 0 Å². The topological polar surface area (TPSA) is 0 Å². The Balaban J connectivity index is 2.63. The van der Waals surface area contributed by atoms with Crippen LogP contribution in [-0.4, -0.2) is 10.4 Å². The van der Waals surface area contributed by atoms with E-state index in [1.807, 2.05) is 0 Å². The molecule has 3 heteroatoms. The molecule has 0 aromatic rings. The Bertz CT molecular complexity index is 30.0. The highest BCUT2D eigenvalue weighted by molar-refractivity contribution is 9.10. The first-order valence-electron chi connectivity index (χ1n) is 1.61. The van der Waals surface area contributed by atoms with Crippen molar-refractivity contribution in [2.75, 3.05) is 5.33 Å². The summed E-state index contributed by atoms with van der Waals surface area (Å²) < 4.78 is 11.6. The summed E-state index contributed by atoms with van der Waals surface area (Å²) in [6, 6.07) is 0. The standard InChI is InChI=1S/C3H5Br2F/c4-2-1-3(5)6/h3H,1-2H2. The van der Waals surface area contributed by atoms with Crippen molar-refractivity contribution >= 4 is 31.9 Å². The first-order valence-corrected chi connectivity index (χ1v) is 3.65. The molecule has 0 fully saturated rings. The van der Waals surface area contributed by atoms with Crippen LogP contribution in [0.4, 0.5) is 4.39 Å². The molecule has 1 unspecified atom stereocenters. The molecule has 0 saturated heterocycles. The van der Waals surface area contributed by atoms with Gasteiger partial charge in [-0.3, -0.25) is 0 Å². The summed E-state index contributed by atoms with van der Waals surface area (Å²) in [5, 5.41) is -0.115. The van der Waals surface area contributed by atoms with Crippen LogP contribution in [0.1, 0.15) is 6.42 Å². The van der Waals surface area contributed by atoms with E-state index in [4.69, 9.17) is 0 Å². The van der Waals surface area contributed by atoms with Crippen LogP contribution in [0, 0.1) is 0 Å². The molecule has 0 heterocycles. The van der Waals surface area contributed by atoms with E-state index >= 15 is 0 Å². The van der Waals surface area contributed by atoms with Gasteiger partial charge in [-0.1, -0.05) is 31.9 Å². The van der Waals surface area contributed by atoms with Crippen molar-refractivity contribution in [2.45, 2.75) is 11.5 Å². The van der Waals surface area contributed by atoms with Crippen LogP contribution in [0.2, 0.25) is 0 Å². The van der Waals surface area contributed by atoms with E-state index in [-0.39, 0.29) is 0 Å². The molecule has 0 radical (unpaired) electrons. The van der Waals surface area contributed by atoms with Crippen molar-refractivity contribution in [3.8, 4) is 0 Å². The molecule has 0 saturated carbocycles. The average molecular weight is 220 g/mol. The Labute approximate surface area is 53.4 Å². The van der Waals surface area contributed by atoms with Crippen LogP contribution in [0.3, 0.4) is 0 Å². The maximum absolute atomic E-state index is 11.6. The van der Waals surface area contributed by atoms with Gasteiger partial charge in [0, 0.05) is 5.33 Å². The summed E-state index contributed by atoms with van der Waals surface area (Å²) in [5.41, 5.74) is 0. The molecule has 38 valence electrons. The summed E-state index contributed by atoms with van der Waals surface area (Å²) in [4.78, 5) is 0. The Morgan fingerprint density at radius 1 is 1.67 bits per heavy atom. The maximum atomic E-state index is 11.6. The molecule has 0 nitrogen and oxygen atoms in total. The van der Waals surface area contributed by atoms with Gasteiger partial charge in [0.05, 0.1) is 0 Å². The molecule has 6 heavy (non-hydrogen) atoms. The lowest BCUT2D eigenvalue weighted by atomic mass is 10.6. The van der Waals surface area contributed by atoms with Gasteiger partial charge in [-0.05, 0) is 6.42 Å². The van der Waals surface area contributed by atoms with E-state index < -0.39 is 5.08 Å². The van der Waals surface area contributed by atoms with Crippen molar-refractivity contribution in [1.29, 1.82) is 0 Å². The summed E-state index contributed by atoms with van der Waals surface area (Å²) >= 11 is 5.82. The Morgan fingerprint density at radius 3 is 2.17 bits per heavy atom. The SMILES string of the molecule is FC(Br)CCBr. The van der Waals surface area contributed by atoms with E-state index in [0.717, 1.165) is 5.33 Å². The molecule has 0 spiro atoms. The molecule has 0 aliphatic rings. The Hall–Kier alpha value is 0.890. The molecule has 0 aliphatic carbocycles. The van der Waals surface area contributed by atoms with Gasteiger partial charge in [0.25, 0.3) is 0 Å². The number of hydrogen-bond acceptors (Lipinski definition) is 0. The lowest BCUT2D eigenvalue weighted by molar-refractivity contribution is 0.455. The molecule has 0 amide bonds. The van der Waals surface area contributed by atoms with Gasteiger partial charge in [-0.15, -0.1) is 0 Å². The summed E-state index contributed by atoms with van der Waals surface area (Å²) in [6.45, 7) is 0. The second kappa shape index (κ2) is 4.06. The largest absolute Gasteiger partial charge is 0.235 e. The molecule has 0 N–H and O–H groups in total. The third-order valence-electron chi connectivity index (χ3n) is 0.327. The molecular formula is C3H5Br2F. The minimum atomic E-state index is -0.836. The number of hydrogen-bond donors (Lipinski definition) is 0. The second-order valence-electron chi connectivity index (χ2n) is 0.869. The lowest BCUT2D eigenvalue weighted by Gasteiger charge is -1.88. The monoisotopic (exact) mass is 218 g/mol. The molecule has 0 aromatic heterocycles. The van der Waals surface area contributed by atoms with Crippen LogP contribution >= 0.6 is 31.9 Å². The van der Waals surface area contributed by atoms with E-state index in [9.17, 15) is 4.39 Å². The van der Waals surface area contributed by atoms with E-state index in [0.29, 0.717) is 6.42 Å². The fraction of sp³-hybridized carbons (Fsp3) is 1.00. The molecule has 0 bridgehead atoms. The second-order valence-corrected chi connectivity index (χ2v) is 2.66. The van der Waals surface area contributed by atoms with Gasteiger partial charge in [0.2, 0.25) is 0 Å². The van der Waals surface area contributed by atoms with Crippen molar-refractivity contribution < 1.29 is 4.39 Å². The summed E-state index contributed by atoms with van der Waals surface area (Å²) in [5.74, 6) is 0. The minimum Gasteiger partial charge on any atom is -0.235 e. The normalized spacial score (nSPS) is 14.5. The van der Waals surface area contributed by atoms with E-state index in [2.05, 4.69) is 31.9 Å². The highest BCUT2D eigenvalue weighted by Crippen LogP contribution is 2.06. The van der Waals surface area contributed by atoms with Gasteiger partial charge in [-0.25, -0.2) is 4.39 Å². The number of alkyl halides is 3. The highest BCUT2D eigenvalue weighted by atomic mass is 79.9.